The fourth-order valence-corrected chi connectivity index (χ4v) is 3.72. The summed E-state index contributed by atoms with van der Waals surface area (Å²) in [6.45, 7) is 3.39. The normalized spacial score (nSPS) is 11.1. The predicted molar refractivity (Wildman–Crippen MR) is 114 cm³/mol. The monoisotopic (exact) mass is 423 g/mol. The first kappa shape index (κ1) is 21.4. The molecule has 0 radical (unpaired) electrons. The van der Waals surface area contributed by atoms with Gasteiger partial charge in [-0.05, 0) is 61.4 Å². The van der Waals surface area contributed by atoms with Crippen molar-refractivity contribution in [1.29, 1.82) is 0 Å². The standard InChI is InChI=1S/C22H21N3O4S/c1-15-11-12-23-21(13-15)25-22(27)19-5-3-17(4-6-19)14-24-30(28,29)20-9-7-18(8-10-20)16(2)26/h3-13,24H,14H2,1-2H3,(H,23,25,27). The third kappa shape index (κ3) is 5.37. The molecule has 0 aliphatic carbocycles. The zero-order valence-corrected chi connectivity index (χ0v) is 17.4. The summed E-state index contributed by atoms with van der Waals surface area (Å²) in [6.07, 6.45) is 1.62. The van der Waals surface area contributed by atoms with Crippen molar-refractivity contribution in [2.45, 2.75) is 25.3 Å². The zero-order valence-electron chi connectivity index (χ0n) is 16.5. The molecule has 0 bridgehead atoms. The average Bonchev–Trinajstić information content (AvgIpc) is 2.73. The van der Waals surface area contributed by atoms with Gasteiger partial charge < -0.3 is 5.32 Å². The molecule has 3 aromatic rings. The molecule has 1 heterocycles. The number of rotatable bonds is 7. The number of aromatic nitrogens is 1. The van der Waals surface area contributed by atoms with Crippen molar-refractivity contribution in [2.24, 2.45) is 0 Å². The van der Waals surface area contributed by atoms with Crippen LogP contribution in [0.4, 0.5) is 5.82 Å². The molecule has 2 N–H and O–H groups in total. The van der Waals surface area contributed by atoms with Gasteiger partial charge in [0, 0.05) is 23.9 Å². The Kier molecular flexibility index (Phi) is 6.39. The Hall–Kier alpha value is -3.36. The molecule has 30 heavy (non-hydrogen) atoms. The minimum Gasteiger partial charge on any atom is -0.307 e. The van der Waals surface area contributed by atoms with E-state index in [4.69, 9.17) is 0 Å². The Morgan fingerprint density at radius 3 is 2.17 bits per heavy atom. The van der Waals surface area contributed by atoms with Crippen LogP contribution in [0.3, 0.4) is 0 Å². The number of aryl methyl sites for hydroxylation is 1. The first-order valence-electron chi connectivity index (χ1n) is 9.18. The molecule has 0 saturated heterocycles. The van der Waals surface area contributed by atoms with Crippen LogP contribution in [0.5, 0.6) is 0 Å². The molecule has 1 amide bonds. The molecule has 0 unspecified atom stereocenters. The maximum Gasteiger partial charge on any atom is 0.256 e. The number of amides is 1. The van der Waals surface area contributed by atoms with Gasteiger partial charge in [0.2, 0.25) is 10.0 Å². The van der Waals surface area contributed by atoms with Crippen LogP contribution in [0.2, 0.25) is 0 Å². The van der Waals surface area contributed by atoms with Crippen LogP contribution >= 0.6 is 0 Å². The molecular weight excluding hydrogens is 402 g/mol. The van der Waals surface area contributed by atoms with Gasteiger partial charge in [0.15, 0.2) is 5.78 Å². The number of nitrogens with one attached hydrogen (secondary N) is 2. The van der Waals surface area contributed by atoms with E-state index >= 15 is 0 Å². The number of benzene rings is 2. The number of carbonyl (C=O) groups excluding carboxylic acids is 2. The van der Waals surface area contributed by atoms with Gasteiger partial charge in [-0.15, -0.1) is 0 Å². The Morgan fingerprint density at radius 1 is 0.933 bits per heavy atom. The Bertz CT molecular complexity index is 1170. The van der Waals surface area contributed by atoms with Gasteiger partial charge >= 0.3 is 0 Å². The second kappa shape index (κ2) is 8.98. The highest BCUT2D eigenvalue weighted by molar-refractivity contribution is 7.89. The molecule has 154 valence electrons. The van der Waals surface area contributed by atoms with Crippen LogP contribution < -0.4 is 10.0 Å². The van der Waals surface area contributed by atoms with E-state index in [2.05, 4.69) is 15.0 Å². The maximum absolute atomic E-state index is 12.4. The summed E-state index contributed by atoms with van der Waals surface area (Å²) in [4.78, 5) is 27.8. The van der Waals surface area contributed by atoms with Gasteiger partial charge in [-0.2, -0.15) is 0 Å². The van der Waals surface area contributed by atoms with Crippen LogP contribution in [0, 0.1) is 6.92 Å². The summed E-state index contributed by atoms with van der Waals surface area (Å²) in [5.41, 5.74) is 2.57. The SMILES string of the molecule is CC(=O)c1ccc(S(=O)(=O)NCc2ccc(C(=O)Nc3cc(C)ccn3)cc2)cc1. The van der Waals surface area contributed by atoms with Crippen LogP contribution in [0.15, 0.2) is 71.8 Å². The number of hydrogen-bond donors (Lipinski definition) is 2. The van der Waals surface area contributed by atoms with E-state index in [1.165, 1.54) is 31.2 Å². The van der Waals surface area contributed by atoms with Crippen molar-refractivity contribution in [3.8, 4) is 0 Å². The Balaban J connectivity index is 1.62. The van der Waals surface area contributed by atoms with Gasteiger partial charge in [0.05, 0.1) is 4.90 Å². The smallest absolute Gasteiger partial charge is 0.256 e. The van der Waals surface area contributed by atoms with Crippen LogP contribution in [-0.4, -0.2) is 25.1 Å². The summed E-state index contributed by atoms with van der Waals surface area (Å²) in [5, 5.41) is 2.72. The highest BCUT2D eigenvalue weighted by Gasteiger charge is 2.14. The number of Topliss-reactive ketones (excluding diaryl/α,β-unsaturated/α-hetero) is 1. The van der Waals surface area contributed by atoms with Crippen molar-refractivity contribution in [1.82, 2.24) is 9.71 Å². The molecule has 3 rings (SSSR count). The number of ketones is 1. The van der Waals surface area contributed by atoms with E-state index in [0.717, 1.165) is 5.56 Å². The number of pyridine rings is 1. The van der Waals surface area contributed by atoms with Gasteiger partial charge in [-0.25, -0.2) is 18.1 Å². The number of anilines is 1. The first-order valence-corrected chi connectivity index (χ1v) is 10.7. The Labute approximate surface area is 175 Å². The molecule has 2 aromatic carbocycles. The lowest BCUT2D eigenvalue weighted by atomic mass is 10.1. The van der Waals surface area contributed by atoms with Gasteiger partial charge in [-0.1, -0.05) is 24.3 Å². The molecule has 7 nitrogen and oxygen atoms in total. The topological polar surface area (TPSA) is 105 Å². The lowest BCUT2D eigenvalue weighted by molar-refractivity contribution is 0.101. The summed E-state index contributed by atoms with van der Waals surface area (Å²) in [6, 6.07) is 16.0. The number of sulfonamides is 1. The Morgan fingerprint density at radius 2 is 1.57 bits per heavy atom. The van der Waals surface area contributed by atoms with E-state index < -0.39 is 10.0 Å². The summed E-state index contributed by atoms with van der Waals surface area (Å²) in [5.74, 6) is 0.0348. The van der Waals surface area contributed by atoms with E-state index in [1.807, 2.05) is 13.0 Å². The minimum atomic E-state index is -3.72. The molecule has 0 spiro atoms. The van der Waals surface area contributed by atoms with E-state index in [-0.39, 0.29) is 23.1 Å². The number of carbonyl (C=O) groups is 2. The lowest BCUT2D eigenvalue weighted by Gasteiger charge is -2.09. The molecular formula is C22H21N3O4S. The largest absolute Gasteiger partial charge is 0.307 e. The fraction of sp³-hybridized carbons (Fsp3) is 0.136. The fourth-order valence-electron chi connectivity index (χ4n) is 2.70. The lowest BCUT2D eigenvalue weighted by Crippen LogP contribution is -2.23. The highest BCUT2D eigenvalue weighted by Crippen LogP contribution is 2.13. The van der Waals surface area contributed by atoms with Crippen molar-refractivity contribution >= 4 is 27.5 Å². The van der Waals surface area contributed by atoms with Crippen molar-refractivity contribution < 1.29 is 18.0 Å². The molecule has 8 heteroatoms. The third-order valence-electron chi connectivity index (χ3n) is 4.41. The predicted octanol–water partition coefficient (Wildman–Crippen LogP) is 3.32. The van der Waals surface area contributed by atoms with Gasteiger partial charge in [0.25, 0.3) is 5.91 Å². The molecule has 0 saturated carbocycles. The van der Waals surface area contributed by atoms with Crippen molar-refractivity contribution in [3.05, 3.63) is 89.1 Å². The quantitative estimate of drug-likeness (QED) is 0.567. The van der Waals surface area contributed by atoms with Crippen LogP contribution in [-0.2, 0) is 16.6 Å². The highest BCUT2D eigenvalue weighted by atomic mass is 32.2. The van der Waals surface area contributed by atoms with Gasteiger partial charge in [-0.3, -0.25) is 9.59 Å². The summed E-state index contributed by atoms with van der Waals surface area (Å²) in [7, 11) is -3.72. The maximum atomic E-state index is 12.4. The second-order valence-corrected chi connectivity index (χ2v) is 8.54. The van der Waals surface area contributed by atoms with Crippen LogP contribution in [0.1, 0.15) is 38.8 Å². The number of nitrogens with zero attached hydrogens (tertiary/aromatic N) is 1. The number of hydrogen-bond acceptors (Lipinski definition) is 5. The van der Waals surface area contributed by atoms with Crippen molar-refractivity contribution in [2.75, 3.05) is 5.32 Å². The van der Waals surface area contributed by atoms with Crippen molar-refractivity contribution in [3.63, 3.8) is 0 Å². The first-order chi connectivity index (χ1) is 14.2. The van der Waals surface area contributed by atoms with E-state index in [0.29, 0.717) is 22.5 Å². The zero-order chi connectivity index (χ0) is 21.7. The van der Waals surface area contributed by atoms with Crippen LogP contribution in [0.25, 0.3) is 0 Å². The molecule has 0 aliphatic rings. The third-order valence-corrected chi connectivity index (χ3v) is 5.83. The van der Waals surface area contributed by atoms with E-state index in [1.54, 1.807) is 36.5 Å². The molecule has 0 aliphatic heterocycles. The molecule has 0 atom stereocenters. The summed E-state index contributed by atoms with van der Waals surface area (Å²) < 4.78 is 27.4. The average molecular weight is 423 g/mol. The second-order valence-electron chi connectivity index (χ2n) is 6.77. The molecule has 1 aromatic heterocycles. The molecule has 0 fully saturated rings. The minimum absolute atomic E-state index is 0.0676. The van der Waals surface area contributed by atoms with E-state index in [9.17, 15) is 18.0 Å². The summed E-state index contributed by atoms with van der Waals surface area (Å²) >= 11 is 0. The van der Waals surface area contributed by atoms with Gasteiger partial charge in [0.1, 0.15) is 5.82 Å².